The number of carbonyl (C=O) groups excluding carboxylic acids is 3. The van der Waals surface area contributed by atoms with Gasteiger partial charge in [0.15, 0.2) is 17.2 Å². The van der Waals surface area contributed by atoms with Crippen molar-refractivity contribution in [3.8, 4) is 0 Å². The molecule has 0 saturated heterocycles. The number of ketones is 1. The zero-order valence-electron chi connectivity index (χ0n) is 11.3. The Balaban J connectivity index is 3.22. The van der Waals surface area contributed by atoms with Crippen LogP contribution in [0.25, 0.3) is 0 Å². The van der Waals surface area contributed by atoms with Gasteiger partial charge in [0.25, 0.3) is 0 Å². The summed E-state index contributed by atoms with van der Waals surface area (Å²) in [6.45, 7) is 3.47. The third-order valence-electron chi connectivity index (χ3n) is 2.78. The van der Waals surface area contributed by atoms with E-state index < -0.39 is 23.4 Å². The number of aliphatic imine (C=N–C) groups is 1. The number of alkyl halides is 1. The maximum atomic E-state index is 12.2. The molecular weight excluding hydrogens is 377 g/mol. The lowest BCUT2D eigenvalue weighted by atomic mass is 9.81. The van der Waals surface area contributed by atoms with Gasteiger partial charge in [0.05, 0.1) is 17.6 Å². The van der Waals surface area contributed by atoms with Gasteiger partial charge in [-0.05, 0) is 26.0 Å². The summed E-state index contributed by atoms with van der Waals surface area (Å²) in [5, 5.41) is 0. The van der Waals surface area contributed by atoms with Crippen LogP contribution in [0, 0.1) is 5.92 Å². The van der Waals surface area contributed by atoms with Crippen LogP contribution in [-0.2, 0) is 23.9 Å². The van der Waals surface area contributed by atoms with Crippen molar-refractivity contribution in [1.82, 2.24) is 0 Å². The van der Waals surface area contributed by atoms with Crippen LogP contribution in [-0.4, -0.2) is 47.1 Å². The molecule has 0 N–H and O–H groups in total. The van der Waals surface area contributed by atoms with Gasteiger partial charge in [-0.3, -0.25) is 19.4 Å². The van der Waals surface area contributed by atoms with Gasteiger partial charge in [0.1, 0.15) is 0 Å². The number of nitrogens with zero attached hydrogens (tertiary/aromatic N) is 1. The summed E-state index contributed by atoms with van der Waals surface area (Å²) in [7, 11) is 0. The lowest BCUT2D eigenvalue weighted by Crippen LogP contribution is -2.51. The van der Waals surface area contributed by atoms with Crippen molar-refractivity contribution < 1.29 is 23.9 Å². The molecule has 0 spiro atoms. The molecule has 1 aliphatic heterocycles. The van der Waals surface area contributed by atoms with E-state index in [1.165, 1.54) is 18.4 Å². The highest BCUT2D eigenvalue weighted by Crippen LogP contribution is 2.31. The summed E-state index contributed by atoms with van der Waals surface area (Å²) in [5.74, 6) is -3.34. The number of halogens is 1. The van der Waals surface area contributed by atoms with Crippen LogP contribution in [0.1, 0.15) is 13.8 Å². The fraction of sp³-hybridized carbons (Fsp3) is 0.538. The SMILES string of the molecule is CCOC(=O)C(C(=O)OCC)C1(C(=O)CI)C=CC=N1. The number of hydrogen-bond acceptors (Lipinski definition) is 6. The molecule has 0 aliphatic carbocycles. The summed E-state index contributed by atoms with van der Waals surface area (Å²) in [5.41, 5.74) is -1.54. The van der Waals surface area contributed by atoms with E-state index >= 15 is 0 Å². The topological polar surface area (TPSA) is 82.0 Å². The lowest BCUT2D eigenvalue weighted by Gasteiger charge is -2.28. The Hall–Kier alpha value is -1.25. The number of allylic oxidation sites excluding steroid dienone is 1. The Morgan fingerprint density at radius 2 is 1.75 bits per heavy atom. The van der Waals surface area contributed by atoms with Gasteiger partial charge in [0, 0.05) is 6.21 Å². The Morgan fingerprint density at radius 1 is 1.20 bits per heavy atom. The predicted octanol–water partition coefficient (Wildman–Crippen LogP) is 1.11. The highest BCUT2D eigenvalue weighted by Gasteiger charge is 2.53. The molecule has 0 radical (unpaired) electrons. The van der Waals surface area contributed by atoms with Crippen molar-refractivity contribution in [1.29, 1.82) is 0 Å². The van der Waals surface area contributed by atoms with E-state index in [-0.39, 0.29) is 23.4 Å². The van der Waals surface area contributed by atoms with Gasteiger partial charge >= 0.3 is 11.9 Å². The predicted molar refractivity (Wildman–Crippen MR) is 81.0 cm³/mol. The van der Waals surface area contributed by atoms with Gasteiger partial charge in [-0.15, -0.1) is 0 Å². The molecule has 0 aromatic rings. The van der Waals surface area contributed by atoms with E-state index in [1.54, 1.807) is 13.8 Å². The third-order valence-corrected chi connectivity index (χ3v) is 3.47. The van der Waals surface area contributed by atoms with Gasteiger partial charge < -0.3 is 9.47 Å². The zero-order chi connectivity index (χ0) is 15.2. The van der Waals surface area contributed by atoms with Crippen molar-refractivity contribution in [2.24, 2.45) is 10.9 Å². The van der Waals surface area contributed by atoms with E-state index in [1.807, 2.05) is 22.6 Å². The normalized spacial score (nSPS) is 20.2. The van der Waals surface area contributed by atoms with Crippen molar-refractivity contribution in [2.75, 3.05) is 17.6 Å². The monoisotopic (exact) mass is 393 g/mol. The second-order valence-electron chi connectivity index (χ2n) is 3.96. The van der Waals surface area contributed by atoms with Crippen LogP contribution in [0.15, 0.2) is 17.1 Å². The molecular formula is C13H16INO5. The smallest absolute Gasteiger partial charge is 0.323 e. The lowest BCUT2D eigenvalue weighted by molar-refractivity contribution is -0.165. The van der Waals surface area contributed by atoms with Crippen LogP contribution in [0.4, 0.5) is 0 Å². The first-order chi connectivity index (χ1) is 9.53. The van der Waals surface area contributed by atoms with Crippen LogP contribution < -0.4 is 0 Å². The average Bonchev–Trinajstić information content (AvgIpc) is 2.89. The first kappa shape index (κ1) is 16.8. The number of carbonyl (C=O) groups is 3. The van der Waals surface area contributed by atoms with Gasteiger partial charge in [-0.2, -0.15) is 0 Å². The molecule has 0 fully saturated rings. The van der Waals surface area contributed by atoms with Crippen molar-refractivity contribution in [2.45, 2.75) is 19.4 Å². The minimum Gasteiger partial charge on any atom is -0.465 e. The maximum Gasteiger partial charge on any atom is 0.323 e. The van der Waals surface area contributed by atoms with Crippen molar-refractivity contribution in [3.05, 3.63) is 12.2 Å². The minimum absolute atomic E-state index is 0.108. The fourth-order valence-corrected chi connectivity index (χ4v) is 2.52. The van der Waals surface area contributed by atoms with E-state index in [2.05, 4.69) is 4.99 Å². The van der Waals surface area contributed by atoms with Crippen LogP contribution >= 0.6 is 22.6 Å². The van der Waals surface area contributed by atoms with E-state index in [0.717, 1.165) is 0 Å². The minimum atomic E-state index is -1.54. The van der Waals surface area contributed by atoms with Crippen LogP contribution in [0.3, 0.4) is 0 Å². The summed E-state index contributed by atoms with van der Waals surface area (Å²) >= 11 is 1.87. The molecule has 0 aromatic heterocycles. The highest BCUT2D eigenvalue weighted by molar-refractivity contribution is 14.1. The number of ether oxygens (including phenoxy) is 2. The molecule has 1 rings (SSSR count). The van der Waals surface area contributed by atoms with Crippen molar-refractivity contribution >= 4 is 46.5 Å². The van der Waals surface area contributed by atoms with E-state index in [9.17, 15) is 14.4 Å². The summed E-state index contributed by atoms with van der Waals surface area (Å²) in [4.78, 5) is 40.4. The molecule has 6 nitrogen and oxygen atoms in total. The quantitative estimate of drug-likeness (QED) is 0.280. The van der Waals surface area contributed by atoms with E-state index in [4.69, 9.17) is 9.47 Å². The molecule has 0 bridgehead atoms. The van der Waals surface area contributed by atoms with Crippen LogP contribution in [0.2, 0.25) is 0 Å². The Morgan fingerprint density at radius 3 is 2.10 bits per heavy atom. The number of esters is 2. The fourth-order valence-electron chi connectivity index (χ4n) is 1.91. The Labute approximate surface area is 130 Å². The first-order valence-corrected chi connectivity index (χ1v) is 7.71. The molecule has 1 unspecified atom stereocenters. The second-order valence-corrected chi connectivity index (χ2v) is 4.72. The number of hydrogen-bond donors (Lipinski definition) is 0. The van der Waals surface area contributed by atoms with Crippen molar-refractivity contribution in [3.63, 3.8) is 0 Å². The van der Waals surface area contributed by atoms with Gasteiger partial charge in [0.2, 0.25) is 0 Å². The molecule has 1 heterocycles. The molecule has 20 heavy (non-hydrogen) atoms. The maximum absolute atomic E-state index is 12.2. The zero-order valence-corrected chi connectivity index (χ0v) is 13.5. The average molecular weight is 393 g/mol. The standard InChI is InChI=1S/C13H16INO5/c1-3-19-11(17)10(12(18)20-4-2)13(9(16)8-14)6-5-7-15-13/h5-7,10H,3-4,8H2,1-2H3. The molecule has 7 heteroatoms. The summed E-state index contributed by atoms with van der Waals surface area (Å²) < 4.78 is 9.92. The molecule has 1 atom stereocenters. The molecule has 110 valence electrons. The van der Waals surface area contributed by atoms with E-state index in [0.29, 0.717) is 0 Å². The first-order valence-electron chi connectivity index (χ1n) is 6.19. The second kappa shape index (κ2) is 7.51. The summed E-state index contributed by atoms with van der Waals surface area (Å²) in [6.07, 6.45) is 4.39. The molecule has 0 aromatic carbocycles. The molecule has 0 amide bonds. The van der Waals surface area contributed by atoms with Gasteiger partial charge in [-0.25, -0.2) is 0 Å². The van der Waals surface area contributed by atoms with Gasteiger partial charge in [-0.1, -0.05) is 22.6 Å². The molecule has 0 saturated carbocycles. The third kappa shape index (κ3) is 3.25. The molecule has 1 aliphatic rings. The largest absolute Gasteiger partial charge is 0.465 e. The highest BCUT2D eigenvalue weighted by atomic mass is 127. The van der Waals surface area contributed by atoms with Crippen LogP contribution in [0.5, 0.6) is 0 Å². The number of Topliss-reactive ketones (excluding diaryl/α,β-unsaturated/α-hetero) is 1. The summed E-state index contributed by atoms with van der Waals surface area (Å²) in [6, 6.07) is 0. The Kier molecular flexibility index (Phi) is 6.31. The Bertz CT molecular complexity index is 428. The number of rotatable bonds is 7.